The zero-order chi connectivity index (χ0) is 18.5. The van der Waals surface area contributed by atoms with E-state index in [0.29, 0.717) is 24.4 Å². The highest BCUT2D eigenvalue weighted by molar-refractivity contribution is 7.12. The summed E-state index contributed by atoms with van der Waals surface area (Å²) in [6.45, 7) is 2.45. The number of hydrogen-bond acceptors (Lipinski definition) is 4. The summed E-state index contributed by atoms with van der Waals surface area (Å²) in [7, 11) is 0. The maximum absolute atomic E-state index is 12.6. The van der Waals surface area contributed by atoms with Crippen LogP contribution in [0, 0.1) is 0 Å². The lowest BCUT2D eigenvalue weighted by atomic mass is 10.1. The van der Waals surface area contributed by atoms with Crippen molar-refractivity contribution in [2.75, 3.05) is 11.9 Å². The van der Waals surface area contributed by atoms with Crippen LogP contribution >= 0.6 is 11.3 Å². The second kappa shape index (κ2) is 8.14. The minimum absolute atomic E-state index is 0.0719. The summed E-state index contributed by atoms with van der Waals surface area (Å²) < 4.78 is 0. The van der Waals surface area contributed by atoms with Crippen molar-refractivity contribution in [1.82, 2.24) is 10.2 Å². The largest absolute Gasteiger partial charge is 0.350 e. The molecule has 7 heteroatoms. The SMILES string of the molecule is CC(=O)Nc1ccc(CNC(=O)[C@@H]2CCCN2C(=O)c2cccs2)cc1. The Morgan fingerprint density at radius 3 is 2.62 bits per heavy atom. The lowest BCUT2D eigenvalue weighted by Gasteiger charge is -2.23. The number of carbonyl (C=O) groups excluding carboxylic acids is 3. The Morgan fingerprint density at radius 2 is 1.96 bits per heavy atom. The average molecular weight is 371 g/mol. The van der Waals surface area contributed by atoms with Gasteiger partial charge in [-0.05, 0) is 42.0 Å². The molecule has 6 nitrogen and oxygen atoms in total. The molecular weight excluding hydrogens is 350 g/mol. The molecule has 1 aliphatic rings. The average Bonchev–Trinajstić information content (AvgIpc) is 3.31. The molecule has 2 N–H and O–H groups in total. The van der Waals surface area contributed by atoms with E-state index >= 15 is 0 Å². The number of thiophene rings is 1. The predicted octanol–water partition coefficient (Wildman–Crippen LogP) is 2.63. The third-order valence-corrected chi connectivity index (χ3v) is 5.15. The second-order valence-electron chi connectivity index (χ2n) is 6.23. The van der Waals surface area contributed by atoms with Crippen molar-refractivity contribution < 1.29 is 14.4 Å². The monoisotopic (exact) mass is 371 g/mol. The maximum atomic E-state index is 12.6. The van der Waals surface area contributed by atoms with E-state index in [-0.39, 0.29) is 17.7 Å². The van der Waals surface area contributed by atoms with Crippen LogP contribution < -0.4 is 10.6 Å². The molecule has 0 unspecified atom stereocenters. The van der Waals surface area contributed by atoms with Crippen molar-refractivity contribution in [3.63, 3.8) is 0 Å². The van der Waals surface area contributed by atoms with Crippen LogP contribution in [-0.4, -0.2) is 35.2 Å². The minimum atomic E-state index is -0.414. The summed E-state index contributed by atoms with van der Waals surface area (Å²) >= 11 is 1.39. The fourth-order valence-corrected chi connectivity index (χ4v) is 3.72. The van der Waals surface area contributed by atoms with E-state index in [2.05, 4.69) is 10.6 Å². The van der Waals surface area contributed by atoms with Crippen LogP contribution in [0.15, 0.2) is 41.8 Å². The van der Waals surface area contributed by atoms with E-state index in [1.165, 1.54) is 18.3 Å². The van der Waals surface area contributed by atoms with Gasteiger partial charge in [0.2, 0.25) is 11.8 Å². The van der Waals surface area contributed by atoms with Gasteiger partial charge in [0.1, 0.15) is 6.04 Å². The van der Waals surface area contributed by atoms with Gasteiger partial charge in [0.25, 0.3) is 5.91 Å². The van der Waals surface area contributed by atoms with E-state index in [1.807, 2.05) is 23.6 Å². The molecule has 0 bridgehead atoms. The Bertz CT molecular complexity index is 787. The summed E-state index contributed by atoms with van der Waals surface area (Å²) in [5.41, 5.74) is 1.65. The van der Waals surface area contributed by atoms with Crippen LogP contribution in [0.25, 0.3) is 0 Å². The zero-order valence-corrected chi connectivity index (χ0v) is 15.3. The van der Waals surface area contributed by atoms with E-state index in [0.717, 1.165) is 17.7 Å². The van der Waals surface area contributed by atoms with Gasteiger partial charge in [-0.15, -0.1) is 11.3 Å². The van der Waals surface area contributed by atoms with Gasteiger partial charge in [0, 0.05) is 25.7 Å². The number of anilines is 1. The van der Waals surface area contributed by atoms with Crippen molar-refractivity contribution in [3.8, 4) is 0 Å². The fourth-order valence-electron chi connectivity index (χ4n) is 3.04. The fraction of sp³-hybridized carbons (Fsp3) is 0.316. The van der Waals surface area contributed by atoms with Gasteiger partial charge in [0.05, 0.1) is 4.88 Å². The van der Waals surface area contributed by atoms with Crippen molar-refractivity contribution in [1.29, 1.82) is 0 Å². The lowest BCUT2D eigenvalue weighted by molar-refractivity contribution is -0.125. The highest BCUT2D eigenvalue weighted by Gasteiger charge is 2.34. The number of likely N-dealkylation sites (tertiary alicyclic amines) is 1. The minimum Gasteiger partial charge on any atom is -0.350 e. The molecule has 1 aliphatic heterocycles. The first-order chi connectivity index (χ1) is 12.5. The molecule has 0 radical (unpaired) electrons. The van der Waals surface area contributed by atoms with Gasteiger partial charge >= 0.3 is 0 Å². The van der Waals surface area contributed by atoms with Crippen LogP contribution in [0.5, 0.6) is 0 Å². The molecule has 1 saturated heterocycles. The van der Waals surface area contributed by atoms with Crippen molar-refractivity contribution in [2.24, 2.45) is 0 Å². The van der Waals surface area contributed by atoms with Crippen LogP contribution in [0.3, 0.4) is 0 Å². The number of amides is 3. The summed E-state index contributed by atoms with van der Waals surface area (Å²) in [4.78, 5) is 38.5. The molecule has 1 atom stereocenters. The van der Waals surface area contributed by atoms with Gasteiger partial charge in [0.15, 0.2) is 0 Å². The van der Waals surface area contributed by atoms with Gasteiger partial charge in [-0.1, -0.05) is 18.2 Å². The van der Waals surface area contributed by atoms with Gasteiger partial charge in [-0.25, -0.2) is 0 Å². The summed E-state index contributed by atoms with van der Waals surface area (Å²) in [6, 6.07) is 10.5. The first-order valence-corrected chi connectivity index (χ1v) is 9.41. The van der Waals surface area contributed by atoms with Crippen LogP contribution in [-0.2, 0) is 16.1 Å². The normalized spacial score (nSPS) is 16.3. The third kappa shape index (κ3) is 4.29. The van der Waals surface area contributed by atoms with E-state index in [4.69, 9.17) is 0 Å². The number of nitrogens with one attached hydrogen (secondary N) is 2. The topological polar surface area (TPSA) is 78.5 Å². The van der Waals surface area contributed by atoms with Crippen molar-refractivity contribution in [3.05, 3.63) is 52.2 Å². The summed E-state index contributed by atoms with van der Waals surface area (Å²) in [6.07, 6.45) is 1.52. The summed E-state index contributed by atoms with van der Waals surface area (Å²) in [5, 5.41) is 7.48. The number of rotatable bonds is 5. The molecule has 3 amide bonds. The molecule has 0 aliphatic carbocycles. The summed E-state index contributed by atoms with van der Waals surface area (Å²) in [5.74, 6) is -0.321. The first-order valence-electron chi connectivity index (χ1n) is 8.53. The standard InChI is InChI=1S/C19H21N3O3S/c1-13(23)21-15-8-6-14(7-9-15)12-20-18(24)16-4-2-10-22(16)19(25)17-5-3-11-26-17/h3,5-9,11,16H,2,4,10,12H2,1H3,(H,20,24)(H,21,23)/t16-/m0/s1. The molecule has 1 aromatic carbocycles. The Hall–Kier alpha value is -2.67. The second-order valence-corrected chi connectivity index (χ2v) is 7.18. The molecule has 2 aromatic rings. The Kier molecular flexibility index (Phi) is 5.68. The molecule has 26 heavy (non-hydrogen) atoms. The van der Waals surface area contributed by atoms with Crippen LogP contribution in [0.4, 0.5) is 5.69 Å². The zero-order valence-electron chi connectivity index (χ0n) is 14.5. The molecule has 1 aromatic heterocycles. The quantitative estimate of drug-likeness (QED) is 0.848. The molecule has 0 saturated carbocycles. The van der Waals surface area contributed by atoms with Crippen LogP contribution in [0.2, 0.25) is 0 Å². The van der Waals surface area contributed by atoms with E-state index in [1.54, 1.807) is 23.1 Å². The highest BCUT2D eigenvalue weighted by Crippen LogP contribution is 2.22. The number of carbonyl (C=O) groups is 3. The van der Waals surface area contributed by atoms with Gasteiger partial charge in [-0.2, -0.15) is 0 Å². The van der Waals surface area contributed by atoms with Crippen molar-refractivity contribution in [2.45, 2.75) is 32.4 Å². The van der Waals surface area contributed by atoms with Crippen molar-refractivity contribution >= 4 is 34.7 Å². The molecule has 1 fully saturated rings. The van der Waals surface area contributed by atoms with E-state index < -0.39 is 6.04 Å². The molecule has 3 rings (SSSR count). The first kappa shape index (κ1) is 18.1. The Morgan fingerprint density at radius 1 is 1.19 bits per heavy atom. The van der Waals surface area contributed by atoms with Crippen LogP contribution in [0.1, 0.15) is 35.0 Å². The predicted molar refractivity (Wildman–Crippen MR) is 101 cm³/mol. The maximum Gasteiger partial charge on any atom is 0.264 e. The number of benzene rings is 1. The molecule has 136 valence electrons. The molecule has 0 spiro atoms. The number of hydrogen-bond donors (Lipinski definition) is 2. The van der Waals surface area contributed by atoms with E-state index in [9.17, 15) is 14.4 Å². The smallest absolute Gasteiger partial charge is 0.264 e. The Balaban J connectivity index is 1.57. The number of nitrogens with zero attached hydrogens (tertiary/aromatic N) is 1. The molecular formula is C19H21N3O3S. The Labute approximate surface area is 156 Å². The van der Waals surface area contributed by atoms with Gasteiger partial charge in [-0.3, -0.25) is 14.4 Å². The highest BCUT2D eigenvalue weighted by atomic mass is 32.1. The lowest BCUT2D eigenvalue weighted by Crippen LogP contribution is -2.45. The molecule has 2 heterocycles. The van der Waals surface area contributed by atoms with Gasteiger partial charge < -0.3 is 15.5 Å². The third-order valence-electron chi connectivity index (χ3n) is 4.29.